The highest BCUT2D eigenvalue weighted by atomic mass is 31.1. The van der Waals surface area contributed by atoms with Crippen LogP contribution < -0.4 is 15.9 Å². The molecule has 1 atom stereocenters. The Balaban J connectivity index is 2.25. The average molecular weight is 376 g/mol. The van der Waals surface area contributed by atoms with E-state index >= 15 is 0 Å². The number of hydrogen-bond acceptors (Lipinski definition) is 2. The molecule has 0 aliphatic carbocycles. The Morgan fingerprint density at radius 2 is 1.48 bits per heavy atom. The zero-order valence-electron chi connectivity index (χ0n) is 16.1. The maximum Gasteiger partial charge on any atom is 0.338 e. The van der Waals surface area contributed by atoms with Crippen LogP contribution in [0.15, 0.2) is 78.9 Å². The molecule has 27 heavy (non-hydrogen) atoms. The summed E-state index contributed by atoms with van der Waals surface area (Å²) < 4.78 is 5.10. The number of ether oxygens (including phenoxy) is 1. The highest BCUT2D eigenvalue weighted by Crippen LogP contribution is 2.35. The van der Waals surface area contributed by atoms with E-state index < -0.39 is 7.92 Å². The lowest BCUT2D eigenvalue weighted by Crippen LogP contribution is -2.26. The smallest absolute Gasteiger partial charge is 0.338 e. The van der Waals surface area contributed by atoms with Gasteiger partial charge in [0, 0.05) is 0 Å². The van der Waals surface area contributed by atoms with Crippen molar-refractivity contribution in [1.29, 1.82) is 0 Å². The molecule has 138 valence electrons. The Kier molecular flexibility index (Phi) is 6.42. The van der Waals surface area contributed by atoms with Crippen LogP contribution in [0.3, 0.4) is 0 Å². The van der Waals surface area contributed by atoms with E-state index in [1.807, 2.05) is 18.2 Å². The van der Waals surface area contributed by atoms with E-state index in [1.54, 1.807) is 0 Å². The Hall–Kier alpha value is -2.44. The van der Waals surface area contributed by atoms with E-state index in [-0.39, 0.29) is 5.97 Å². The van der Waals surface area contributed by atoms with E-state index in [2.05, 4.69) is 74.5 Å². The van der Waals surface area contributed by atoms with Crippen LogP contribution in [0.2, 0.25) is 0 Å². The van der Waals surface area contributed by atoms with Crippen LogP contribution in [0, 0.1) is 0 Å². The Morgan fingerprint density at radius 1 is 0.926 bits per heavy atom. The molecule has 0 spiro atoms. The van der Waals surface area contributed by atoms with Crippen molar-refractivity contribution in [3.63, 3.8) is 0 Å². The fraction of sp³-hybridized carbons (Fsp3) is 0.208. The van der Waals surface area contributed by atoms with Gasteiger partial charge in [-0.05, 0) is 53.9 Å². The van der Waals surface area contributed by atoms with Crippen molar-refractivity contribution < 1.29 is 9.53 Å². The predicted octanol–water partition coefficient (Wildman–Crippen LogP) is 4.74. The summed E-state index contributed by atoms with van der Waals surface area (Å²) in [5.74, 6) is 0.166. The number of carbonyl (C=O) groups is 1. The molecule has 0 saturated carbocycles. The third kappa shape index (κ3) is 4.28. The molecule has 0 N–H and O–H groups in total. The topological polar surface area (TPSA) is 26.3 Å². The minimum atomic E-state index is -0.852. The first-order valence-corrected chi connectivity index (χ1v) is 10.6. The first-order chi connectivity index (χ1) is 13.2. The summed E-state index contributed by atoms with van der Waals surface area (Å²) in [6.07, 6.45) is 1.06. The summed E-state index contributed by atoms with van der Waals surface area (Å²) in [5.41, 5.74) is 1.92. The lowest BCUT2D eigenvalue weighted by molar-refractivity contribution is 0.0602. The van der Waals surface area contributed by atoms with Gasteiger partial charge in [0.1, 0.15) is 0 Å². The molecule has 0 bridgehead atoms. The van der Waals surface area contributed by atoms with Gasteiger partial charge in [-0.15, -0.1) is 0 Å². The molecule has 1 unspecified atom stereocenters. The summed E-state index contributed by atoms with van der Waals surface area (Å²) in [7, 11) is 0.595. The lowest BCUT2D eigenvalue weighted by Gasteiger charge is -2.23. The second-order valence-corrected chi connectivity index (χ2v) is 8.77. The van der Waals surface area contributed by atoms with Gasteiger partial charge in [0.2, 0.25) is 0 Å². The van der Waals surface area contributed by atoms with Crippen LogP contribution >= 0.6 is 7.92 Å². The molecule has 0 heterocycles. The zero-order valence-corrected chi connectivity index (χ0v) is 16.9. The molecule has 3 heteroatoms. The predicted molar refractivity (Wildman–Crippen MR) is 115 cm³/mol. The van der Waals surface area contributed by atoms with Gasteiger partial charge in [0.15, 0.2) is 0 Å². The van der Waals surface area contributed by atoms with Crippen molar-refractivity contribution in [1.82, 2.24) is 0 Å². The zero-order chi connectivity index (χ0) is 19.2. The molecule has 0 aliphatic heterocycles. The quantitative estimate of drug-likeness (QED) is 0.459. The summed E-state index contributed by atoms with van der Waals surface area (Å²) in [4.78, 5) is 12.5. The molecular formula is C24H25O2P. The van der Waals surface area contributed by atoms with Gasteiger partial charge < -0.3 is 4.74 Å². The molecule has 0 radical (unpaired) electrons. The third-order valence-corrected chi connectivity index (χ3v) is 7.36. The normalized spacial score (nSPS) is 12.0. The SMILES string of the molecule is CCC(C)c1ccc(C(=O)OC)c(P(c2ccccc2)c2ccccc2)c1. The summed E-state index contributed by atoms with van der Waals surface area (Å²) in [6.45, 7) is 4.42. The van der Waals surface area contributed by atoms with Crippen LogP contribution in [0.5, 0.6) is 0 Å². The number of carbonyl (C=O) groups excluding carboxylic acids is 1. The minimum Gasteiger partial charge on any atom is -0.465 e. The molecule has 0 aromatic heterocycles. The Labute approximate surface area is 163 Å². The maximum atomic E-state index is 12.5. The van der Waals surface area contributed by atoms with Gasteiger partial charge in [-0.3, -0.25) is 0 Å². The number of hydrogen-bond donors (Lipinski definition) is 0. The van der Waals surface area contributed by atoms with Gasteiger partial charge >= 0.3 is 5.97 Å². The van der Waals surface area contributed by atoms with Crippen LogP contribution in [0.4, 0.5) is 0 Å². The van der Waals surface area contributed by atoms with E-state index in [9.17, 15) is 4.79 Å². The van der Waals surface area contributed by atoms with Crippen molar-refractivity contribution in [2.75, 3.05) is 7.11 Å². The van der Waals surface area contributed by atoms with Gasteiger partial charge in [-0.25, -0.2) is 4.79 Å². The molecule has 3 rings (SSSR count). The Morgan fingerprint density at radius 3 is 1.96 bits per heavy atom. The third-order valence-electron chi connectivity index (χ3n) is 4.88. The molecule has 0 saturated heterocycles. The monoisotopic (exact) mass is 376 g/mol. The van der Waals surface area contributed by atoms with Crippen LogP contribution in [-0.4, -0.2) is 13.1 Å². The second-order valence-electron chi connectivity index (χ2n) is 6.58. The molecule has 0 fully saturated rings. The van der Waals surface area contributed by atoms with Crippen LogP contribution in [-0.2, 0) is 4.74 Å². The molecule has 0 aliphatic rings. The van der Waals surface area contributed by atoms with E-state index in [1.165, 1.54) is 23.3 Å². The maximum absolute atomic E-state index is 12.5. The minimum absolute atomic E-state index is 0.278. The number of methoxy groups -OCH3 is 1. The molecule has 3 aromatic carbocycles. The van der Waals surface area contributed by atoms with Crippen LogP contribution in [0.25, 0.3) is 0 Å². The highest BCUT2D eigenvalue weighted by Gasteiger charge is 2.24. The molecule has 3 aromatic rings. The van der Waals surface area contributed by atoms with Gasteiger partial charge in [-0.1, -0.05) is 80.6 Å². The Bertz CT molecular complexity index is 851. The van der Waals surface area contributed by atoms with Crippen LogP contribution in [0.1, 0.15) is 42.1 Å². The lowest BCUT2D eigenvalue weighted by atomic mass is 9.97. The van der Waals surface area contributed by atoms with Crippen molar-refractivity contribution in [2.45, 2.75) is 26.2 Å². The molecule has 2 nitrogen and oxygen atoms in total. The largest absolute Gasteiger partial charge is 0.465 e. The van der Waals surface area contributed by atoms with E-state index in [0.717, 1.165) is 11.7 Å². The van der Waals surface area contributed by atoms with Crippen molar-refractivity contribution in [3.8, 4) is 0 Å². The van der Waals surface area contributed by atoms with Gasteiger partial charge in [-0.2, -0.15) is 0 Å². The number of esters is 1. The van der Waals surface area contributed by atoms with Crippen molar-refractivity contribution in [3.05, 3.63) is 90.0 Å². The van der Waals surface area contributed by atoms with Gasteiger partial charge in [0.05, 0.1) is 12.7 Å². The fourth-order valence-corrected chi connectivity index (χ4v) is 5.62. The molecular weight excluding hydrogens is 351 g/mol. The fourth-order valence-electron chi connectivity index (χ4n) is 3.14. The van der Waals surface area contributed by atoms with Crippen molar-refractivity contribution >= 4 is 29.8 Å². The summed E-state index contributed by atoms with van der Waals surface area (Å²) in [5, 5.41) is 3.52. The first kappa shape index (κ1) is 19.3. The van der Waals surface area contributed by atoms with E-state index in [4.69, 9.17) is 4.74 Å². The molecule has 0 amide bonds. The first-order valence-electron chi connectivity index (χ1n) is 9.28. The van der Waals surface area contributed by atoms with E-state index in [0.29, 0.717) is 11.5 Å². The summed E-state index contributed by atoms with van der Waals surface area (Å²) in [6, 6.07) is 27.1. The standard InChI is InChI=1S/C24H25O2P/c1-4-18(2)19-15-16-22(24(25)26-3)23(17-19)27(20-11-7-5-8-12-20)21-13-9-6-10-14-21/h5-18H,4H2,1-3H3. The van der Waals surface area contributed by atoms with Crippen molar-refractivity contribution in [2.24, 2.45) is 0 Å². The number of benzene rings is 3. The summed E-state index contributed by atoms with van der Waals surface area (Å²) >= 11 is 0. The second kappa shape index (κ2) is 8.97. The van der Waals surface area contributed by atoms with Gasteiger partial charge in [0.25, 0.3) is 0 Å². The highest BCUT2D eigenvalue weighted by molar-refractivity contribution is 7.80. The average Bonchev–Trinajstić information content (AvgIpc) is 2.74. The number of rotatable bonds is 6.